The third kappa shape index (κ3) is 6.40. The van der Waals surface area contributed by atoms with Crippen molar-refractivity contribution in [2.45, 2.75) is 37.5 Å². The molecule has 3 rings (SSSR count). The molecule has 4 N–H and O–H groups in total. The molecule has 0 aliphatic heterocycles. The van der Waals surface area contributed by atoms with Gasteiger partial charge in [-0.2, -0.15) is 0 Å². The second kappa shape index (κ2) is 11.7. The largest absolute Gasteiger partial charge is 0.419 e. The zero-order chi connectivity index (χ0) is 24.7. The summed E-state index contributed by atoms with van der Waals surface area (Å²) < 4.78 is 17.8. The lowest BCUT2D eigenvalue weighted by atomic mass is 10.1. The summed E-state index contributed by atoms with van der Waals surface area (Å²) in [5.41, 5.74) is 3.66. The quantitative estimate of drug-likeness (QED) is 0.211. The standard InChI is InChI=1S/C25H29N5O3S/c1-16(2)34(32)21-10-8-19(9-11-21)22-15-29-17(3)23(30-22)25(27)33-24(26)20-6-4-18(5-7-20)14-28-12-13-31/h4-11,15-16,26-28,31H,12-14H2,1-3H3. The van der Waals surface area contributed by atoms with Gasteiger partial charge in [0.05, 0.1) is 35.0 Å². The Hall–Kier alpha value is -3.27. The van der Waals surface area contributed by atoms with Crippen molar-refractivity contribution < 1.29 is 14.1 Å². The lowest BCUT2D eigenvalue weighted by Crippen LogP contribution is -2.18. The SMILES string of the molecule is Cc1ncc(-c2ccc(S(=O)C(C)C)cc2)nc1C(=N)OC(=N)c1ccc(CNCCO)cc1. The Balaban J connectivity index is 1.72. The summed E-state index contributed by atoms with van der Waals surface area (Å²) in [6.45, 7) is 6.76. The van der Waals surface area contributed by atoms with Crippen LogP contribution in [-0.4, -0.2) is 49.5 Å². The van der Waals surface area contributed by atoms with Crippen molar-refractivity contribution in [3.8, 4) is 11.3 Å². The summed E-state index contributed by atoms with van der Waals surface area (Å²) in [6, 6.07) is 14.5. The summed E-state index contributed by atoms with van der Waals surface area (Å²) in [6.07, 6.45) is 1.62. The van der Waals surface area contributed by atoms with Gasteiger partial charge in [0.2, 0.25) is 11.8 Å². The number of aryl methyl sites for hydroxylation is 1. The maximum atomic E-state index is 12.3. The van der Waals surface area contributed by atoms with Crippen molar-refractivity contribution >= 4 is 22.6 Å². The fourth-order valence-corrected chi connectivity index (χ4v) is 4.08. The average molecular weight is 480 g/mol. The molecule has 3 aromatic rings. The molecule has 8 nitrogen and oxygen atoms in total. The monoisotopic (exact) mass is 479 g/mol. The van der Waals surface area contributed by atoms with Gasteiger partial charge in [0.1, 0.15) is 5.69 Å². The van der Waals surface area contributed by atoms with Gasteiger partial charge in [0, 0.05) is 34.4 Å². The number of aliphatic hydroxyl groups excluding tert-OH is 1. The van der Waals surface area contributed by atoms with E-state index in [2.05, 4.69) is 15.3 Å². The van der Waals surface area contributed by atoms with Gasteiger partial charge in [0.25, 0.3) is 0 Å². The third-order valence-corrected chi connectivity index (χ3v) is 6.61. The van der Waals surface area contributed by atoms with Crippen molar-refractivity contribution in [3.63, 3.8) is 0 Å². The van der Waals surface area contributed by atoms with Crippen LogP contribution in [-0.2, 0) is 22.1 Å². The molecule has 1 aromatic heterocycles. The number of benzene rings is 2. The molecular weight excluding hydrogens is 450 g/mol. The first-order valence-electron chi connectivity index (χ1n) is 10.9. The number of nitrogens with one attached hydrogen (secondary N) is 3. The van der Waals surface area contributed by atoms with Gasteiger partial charge >= 0.3 is 0 Å². The number of ether oxygens (including phenoxy) is 1. The highest BCUT2D eigenvalue weighted by Gasteiger charge is 2.16. The summed E-state index contributed by atoms with van der Waals surface area (Å²) in [5.74, 6) is -0.421. The Kier molecular flexibility index (Phi) is 8.75. The Labute approximate surface area is 201 Å². The van der Waals surface area contributed by atoms with Crippen LogP contribution in [0.25, 0.3) is 11.3 Å². The van der Waals surface area contributed by atoms with Crippen LogP contribution in [0.3, 0.4) is 0 Å². The highest BCUT2D eigenvalue weighted by Crippen LogP contribution is 2.21. The van der Waals surface area contributed by atoms with Gasteiger partial charge in [0.15, 0.2) is 0 Å². The van der Waals surface area contributed by atoms with E-state index in [-0.39, 0.29) is 29.3 Å². The third-order valence-electron chi connectivity index (χ3n) is 5.02. The zero-order valence-electron chi connectivity index (χ0n) is 19.5. The van der Waals surface area contributed by atoms with Crippen LogP contribution in [0.15, 0.2) is 59.6 Å². The van der Waals surface area contributed by atoms with Crippen molar-refractivity contribution in [2.24, 2.45) is 0 Å². The molecule has 1 unspecified atom stereocenters. The van der Waals surface area contributed by atoms with E-state index in [9.17, 15) is 4.21 Å². The maximum Gasteiger partial charge on any atom is 0.241 e. The fraction of sp³-hybridized carbons (Fsp3) is 0.280. The molecule has 1 heterocycles. The number of rotatable bonds is 9. The molecule has 0 bridgehead atoms. The molecule has 0 fully saturated rings. The van der Waals surface area contributed by atoms with Crippen LogP contribution in [0.2, 0.25) is 0 Å². The van der Waals surface area contributed by atoms with Crippen molar-refractivity contribution in [3.05, 3.63) is 77.2 Å². The number of aromatic nitrogens is 2. The molecule has 0 spiro atoms. The molecule has 9 heteroatoms. The Morgan fingerprint density at radius 1 is 1.09 bits per heavy atom. The van der Waals surface area contributed by atoms with Gasteiger partial charge in [-0.3, -0.25) is 20.0 Å². The zero-order valence-corrected chi connectivity index (χ0v) is 20.3. The van der Waals surface area contributed by atoms with Gasteiger partial charge in [-0.25, -0.2) is 4.98 Å². The van der Waals surface area contributed by atoms with Crippen molar-refractivity contribution in [2.75, 3.05) is 13.2 Å². The second-order valence-electron chi connectivity index (χ2n) is 7.92. The van der Waals surface area contributed by atoms with Crippen LogP contribution in [0.5, 0.6) is 0 Å². The molecule has 1 atom stereocenters. The Morgan fingerprint density at radius 3 is 2.38 bits per heavy atom. The Bertz CT molecular complexity index is 1180. The summed E-state index contributed by atoms with van der Waals surface area (Å²) in [4.78, 5) is 9.64. The number of nitrogens with zero attached hydrogens (tertiary/aromatic N) is 2. The number of aliphatic hydroxyl groups is 1. The van der Waals surface area contributed by atoms with Gasteiger partial charge in [-0.05, 0) is 36.8 Å². The second-order valence-corrected chi connectivity index (χ2v) is 9.93. The van der Waals surface area contributed by atoms with E-state index < -0.39 is 10.8 Å². The molecule has 34 heavy (non-hydrogen) atoms. The van der Waals surface area contributed by atoms with Crippen LogP contribution >= 0.6 is 0 Å². The molecule has 2 aromatic carbocycles. The summed E-state index contributed by atoms with van der Waals surface area (Å²) in [5, 5.41) is 28.6. The van der Waals surface area contributed by atoms with Crippen LogP contribution < -0.4 is 5.32 Å². The summed E-state index contributed by atoms with van der Waals surface area (Å²) >= 11 is 0. The van der Waals surface area contributed by atoms with E-state index in [4.69, 9.17) is 20.7 Å². The minimum absolute atomic E-state index is 0.0312. The number of hydrogen-bond acceptors (Lipinski definition) is 8. The lowest BCUT2D eigenvalue weighted by molar-refractivity contribution is 0.292. The van der Waals surface area contributed by atoms with E-state index in [0.717, 1.165) is 16.0 Å². The Morgan fingerprint density at radius 2 is 1.76 bits per heavy atom. The van der Waals surface area contributed by atoms with E-state index in [0.29, 0.717) is 30.0 Å². The van der Waals surface area contributed by atoms with Crippen LogP contribution in [0.4, 0.5) is 0 Å². The summed E-state index contributed by atoms with van der Waals surface area (Å²) in [7, 11) is -1.07. The van der Waals surface area contributed by atoms with E-state index in [1.54, 1.807) is 25.3 Å². The topological polar surface area (TPSA) is 132 Å². The fourth-order valence-electron chi connectivity index (χ4n) is 3.13. The highest BCUT2D eigenvalue weighted by atomic mass is 32.2. The minimum Gasteiger partial charge on any atom is -0.419 e. The molecule has 0 radical (unpaired) electrons. The predicted octanol–water partition coefficient (Wildman–Crippen LogP) is 3.42. The molecule has 0 saturated heterocycles. The van der Waals surface area contributed by atoms with E-state index in [1.807, 2.05) is 50.2 Å². The average Bonchev–Trinajstić information content (AvgIpc) is 2.84. The first-order chi connectivity index (χ1) is 16.3. The molecule has 0 amide bonds. The van der Waals surface area contributed by atoms with Gasteiger partial charge in [-0.1, -0.05) is 38.1 Å². The molecule has 0 saturated carbocycles. The molecule has 0 aliphatic rings. The first kappa shape index (κ1) is 25.4. The van der Waals surface area contributed by atoms with Crippen LogP contribution in [0.1, 0.15) is 36.4 Å². The predicted molar refractivity (Wildman–Crippen MR) is 134 cm³/mol. The highest BCUT2D eigenvalue weighted by molar-refractivity contribution is 7.85. The molecular formula is C25H29N5O3S. The first-order valence-corrected chi connectivity index (χ1v) is 12.1. The van der Waals surface area contributed by atoms with Crippen LogP contribution in [0, 0.1) is 17.7 Å². The maximum absolute atomic E-state index is 12.3. The smallest absolute Gasteiger partial charge is 0.241 e. The minimum atomic E-state index is -1.07. The van der Waals surface area contributed by atoms with Crippen molar-refractivity contribution in [1.82, 2.24) is 15.3 Å². The van der Waals surface area contributed by atoms with Gasteiger partial charge < -0.3 is 15.2 Å². The number of hydrogen-bond donors (Lipinski definition) is 4. The van der Waals surface area contributed by atoms with E-state index in [1.165, 1.54) is 0 Å². The molecule has 178 valence electrons. The van der Waals surface area contributed by atoms with Crippen molar-refractivity contribution in [1.29, 1.82) is 10.8 Å². The van der Waals surface area contributed by atoms with E-state index >= 15 is 0 Å². The van der Waals surface area contributed by atoms with Gasteiger partial charge in [-0.15, -0.1) is 0 Å². The molecule has 0 aliphatic carbocycles. The normalized spacial score (nSPS) is 11.9. The lowest BCUT2D eigenvalue weighted by Gasteiger charge is -2.12.